The number of ether oxygens (including phenoxy) is 1. The van der Waals surface area contributed by atoms with E-state index in [2.05, 4.69) is 50.6 Å². The SMILES string of the molecule is CCOC(=O)NCc1cccc(-c2cc(C)cn3nc(NC4CCN(c5cc(C)ncn5)CC4)nc23)c1. The molecule has 5 rings (SSSR count). The molecule has 10 heteroatoms. The zero-order chi connectivity index (χ0) is 25.8. The van der Waals surface area contributed by atoms with Gasteiger partial charge in [0.2, 0.25) is 5.95 Å². The largest absolute Gasteiger partial charge is 0.450 e. The van der Waals surface area contributed by atoms with Crippen LogP contribution in [0, 0.1) is 13.8 Å². The summed E-state index contributed by atoms with van der Waals surface area (Å²) in [6.45, 7) is 8.39. The molecule has 0 aliphatic carbocycles. The highest BCUT2D eigenvalue weighted by atomic mass is 16.5. The highest BCUT2D eigenvalue weighted by Gasteiger charge is 2.22. The summed E-state index contributed by atoms with van der Waals surface area (Å²) in [4.78, 5) is 27.5. The minimum atomic E-state index is -0.419. The molecule has 0 unspecified atom stereocenters. The molecule has 0 saturated carbocycles. The molecule has 1 aromatic carbocycles. The van der Waals surface area contributed by atoms with E-state index >= 15 is 0 Å². The number of nitrogens with one attached hydrogen (secondary N) is 2. The fourth-order valence-corrected chi connectivity index (χ4v) is 4.65. The first-order chi connectivity index (χ1) is 18.0. The average Bonchev–Trinajstić information content (AvgIpc) is 3.30. The molecule has 1 amide bonds. The maximum absolute atomic E-state index is 11.7. The zero-order valence-corrected chi connectivity index (χ0v) is 21.4. The third kappa shape index (κ3) is 5.79. The smallest absolute Gasteiger partial charge is 0.407 e. The Morgan fingerprint density at radius 3 is 2.76 bits per heavy atom. The van der Waals surface area contributed by atoms with Crippen LogP contribution in [0.2, 0.25) is 0 Å². The summed E-state index contributed by atoms with van der Waals surface area (Å²) >= 11 is 0. The molecular formula is C27H32N8O2. The van der Waals surface area contributed by atoms with Gasteiger partial charge in [-0.25, -0.2) is 19.3 Å². The predicted octanol–water partition coefficient (Wildman–Crippen LogP) is 4.13. The van der Waals surface area contributed by atoms with Crippen LogP contribution >= 0.6 is 0 Å². The van der Waals surface area contributed by atoms with Crippen molar-refractivity contribution < 1.29 is 9.53 Å². The van der Waals surface area contributed by atoms with Crippen LogP contribution in [-0.2, 0) is 11.3 Å². The Labute approximate surface area is 216 Å². The van der Waals surface area contributed by atoms with Crippen molar-refractivity contribution in [2.75, 3.05) is 29.9 Å². The Morgan fingerprint density at radius 1 is 1.14 bits per heavy atom. The molecule has 2 N–H and O–H groups in total. The Bertz CT molecular complexity index is 1390. The Balaban J connectivity index is 1.30. The van der Waals surface area contributed by atoms with Gasteiger partial charge >= 0.3 is 6.09 Å². The van der Waals surface area contributed by atoms with Crippen molar-refractivity contribution in [2.24, 2.45) is 0 Å². The first-order valence-electron chi connectivity index (χ1n) is 12.7. The maximum Gasteiger partial charge on any atom is 0.407 e. The standard InChI is InChI=1S/C27H32N8O2/c1-4-37-27(36)28-15-20-6-5-7-21(14-20)23-12-18(2)16-35-25(23)32-26(33-35)31-22-8-10-34(11-9-22)24-13-19(3)29-17-30-24/h5-7,12-14,16-17,22H,4,8-11,15H2,1-3H3,(H,28,36)(H,31,33). The Morgan fingerprint density at radius 2 is 1.97 bits per heavy atom. The van der Waals surface area contributed by atoms with Crippen molar-refractivity contribution in [3.8, 4) is 11.1 Å². The van der Waals surface area contributed by atoms with E-state index in [1.165, 1.54) is 0 Å². The normalized spacial score (nSPS) is 14.1. The average molecular weight is 501 g/mol. The second-order valence-corrected chi connectivity index (χ2v) is 9.33. The molecular weight excluding hydrogens is 468 g/mol. The molecule has 0 radical (unpaired) electrons. The number of anilines is 2. The number of aromatic nitrogens is 5. The van der Waals surface area contributed by atoms with Gasteiger partial charge in [0.25, 0.3) is 0 Å². The molecule has 0 bridgehead atoms. The van der Waals surface area contributed by atoms with Crippen molar-refractivity contribution in [3.63, 3.8) is 0 Å². The molecule has 37 heavy (non-hydrogen) atoms. The van der Waals surface area contributed by atoms with Crippen LogP contribution in [0.3, 0.4) is 0 Å². The first kappa shape index (κ1) is 24.5. The minimum absolute atomic E-state index is 0.290. The van der Waals surface area contributed by atoms with Crippen LogP contribution in [0.4, 0.5) is 16.6 Å². The molecule has 4 heterocycles. The number of amides is 1. The summed E-state index contributed by atoms with van der Waals surface area (Å²) in [7, 11) is 0. The highest BCUT2D eigenvalue weighted by molar-refractivity contribution is 5.79. The summed E-state index contributed by atoms with van der Waals surface area (Å²) in [5.41, 5.74) is 5.84. The van der Waals surface area contributed by atoms with Gasteiger partial charge in [-0.15, -0.1) is 5.10 Å². The number of carbonyl (C=O) groups excluding carboxylic acids is 1. The molecule has 0 spiro atoms. The van der Waals surface area contributed by atoms with Crippen molar-refractivity contribution in [1.29, 1.82) is 0 Å². The molecule has 1 aliphatic rings. The second kappa shape index (κ2) is 10.8. The first-order valence-corrected chi connectivity index (χ1v) is 12.7. The van der Waals surface area contributed by atoms with Crippen LogP contribution in [0.15, 0.2) is 48.9 Å². The molecule has 1 aliphatic heterocycles. The number of hydrogen-bond donors (Lipinski definition) is 2. The van der Waals surface area contributed by atoms with Gasteiger partial charge < -0.3 is 20.3 Å². The lowest BCUT2D eigenvalue weighted by Crippen LogP contribution is -2.39. The summed E-state index contributed by atoms with van der Waals surface area (Å²) in [5.74, 6) is 1.61. The van der Waals surface area contributed by atoms with Gasteiger partial charge in [0.05, 0.1) is 6.61 Å². The summed E-state index contributed by atoms with van der Waals surface area (Å²) in [5, 5.41) is 11.1. The van der Waals surface area contributed by atoms with Crippen molar-refractivity contribution >= 4 is 23.5 Å². The molecule has 10 nitrogen and oxygen atoms in total. The van der Waals surface area contributed by atoms with E-state index in [-0.39, 0.29) is 0 Å². The third-order valence-corrected chi connectivity index (χ3v) is 6.46. The monoisotopic (exact) mass is 500 g/mol. The number of pyridine rings is 1. The van der Waals surface area contributed by atoms with E-state index < -0.39 is 6.09 Å². The van der Waals surface area contributed by atoms with E-state index in [1.807, 2.05) is 35.8 Å². The van der Waals surface area contributed by atoms with Crippen molar-refractivity contribution in [2.45, 2.75) is 46.2 Å². The number of rotatable bonds is 7. The topological polar surface area (TPSA) is 110 Å². The molecule has 1 fully saturated rings. The number of aryl methyl sites for hydroxylation is 2. The summed E-state index contributed by atoms with van der Waals surface area (Å²) < 4.78 is 6.81. The van der Waals surface area contributed by atoms with Gasteiger partial charge in [0.15, 0.2) is 5.65 Å². The number of benzene rings is 1. The lowest BCUT2D eigenvalue weighted by Gasteiger charge is -2.32. The number of fused-ring (bicyclic) bond motifs is 1. The highest BCUT2D eigenvalue weighted by Crippen LogP contribution is 2.27. The van der Waals surface area contributed by atoms with Gasteiger partial charge in [-0.3, -0.25) is 0 Å². The lowest BCUT2D eigenvalue weighted by molar-refractivity contribution is 0.151. The summed E-state index contributed by atoms with van der Waals surface area (Å²) in [6.07, 6.45) is 5.14. The van der Waals surface area contributed by atoms with E-state index in [1.54, 1.807) is 13.3 Å². The number of hydrogen-bond acceptors (Lipinski definition) is 8. The van der Waals surface area contributed by atoms with E-state index in [0.29, 0.717) is 25.1 Å². The van der Waals surface area contributed by atoms with Crippen LogP contribution < -0.4 is 15.5 Å². The van der Waals surface area contributed by atoms with Gasteiger partial charge in [-0.05, 0) is 62.4 Å². The third-order valence-electron chi connectivity index (χ3n) is 6.46. The zero-order valence-electron chi connectivity index (χ0n) is 21.4. The summed E-state index contributed by atoms with van der Waals surface area (Å²) in [6, 6.07) is 12.5. The molecule has 3 aromatic heterocycles. The fraction of sp³-hybridized carbons (Fsp3) is 0.370. The lowest BCUT2D eigenvalue weighted by atomic mass is 10.0. The van der Waals surface area contributed by atoms with E-state index in [4.69, 9.17) is 14.8 Å². The van der Waals surface area contributed by atoms with Gasteiger partial charge in [0.1, 0.15) is 12.1 Å². The van der Waals surface area contributed by atoms with Crippen LogP contribution in [0.5, 0.6) is 0 Å². The molecule has 1 saturated heterocycles. The van der Waals surface area contributed by atoms with Gasteiger partial charge in [0, 0.05) is 49.2 Å². The van der Waals surface area contributed by atoms with E-state index in [0.717, 1.165) is 65.3 Å². The van der Waals surface area contributed by atoms with Gasteiger partial charge in [-0.1, -0.05) is 18.2 Å². The van der Waals surface area contributed by atoms with E-state index in [9.17, 15) is 4.79 Å². The quantitative estimate of drug-likeness (QED) is 0.390. The fourth-order valence-electron chi connectivity index (χ4n) is 4.65. The molecule has 4 aromatic rings. The minimum Gasteiger partial charge on any atom is -0.450 e. The number of nitrogens with zero attached hydrogens (tertiary/aromatic N) is 6. The van der Waals surface area contributed by atoms with Crippen LogP contribution in [-0.4, -0.2) is 56.4 Å². The molecule has 192 valence electrons. The van der Waals surface area contributed by atoms with Crippen molar-refractivity contribution in [3.05, 3.63) is 65.7 Å². The number of piperidine rings is 1. The van der Waals surface area contributed by atoms with Crippen LogP contribution in [0.25, 0.3) is 16.8 Å². The molecule has 0 atom stereocenters. The second-order valence-electron chi connectivity index (χ2n) is 9.33. The predicted molar refractivity (Wildman–Crippen MR) is 143 cm³/mol. The Kier molecular flexibility index (Phi) is 7.16. The number of alkyl carbamates (subject to hydrolysis) is 1. The van der Waals surface area contributed by atoms with Crippen LogP contribution in [0.1, 0.15) is 36.6 Å². The van der Waals surface area contributed by atoms with Crippen molar-refractivity contribution in [1.82, 2.24) is 29.9 Å². The van der Waals surface area contributed by atoms with Gasteiger partial charge in [-0.2, -0.15) is 4.98 Å². The number of carbonyl (C=O) groups is 1. The Hall–Kier alpha value is -4.21. The maximum atomic E-state index is 11.7.